The first-order valence-corrected chi connectivity index (χ1v) is 6.39. The van der Waals surface area contributed by atoms with Crippen LogP contribution in [0.4, 0.5) is 0 Å². The van der Waals surface area contributed by atoms with Crippen LogP contribution < -0.4 is 5.32 Å². The van der Waals surface area contributed by atoms with Crippen LogP contribution in [0, 0.1) is 11.8 Å². The van der Waals surface area contributed by atoms with E-state index in [1.807, 2.05) is 12.1 Å². The van der Waals surface area contributed by atoms with Crippen molar-refractivity contribution in [3.63, 3.8) is 0 Å². The second-order valence-corrected chi connectivity index (χ2v) is 5.24. The summed E-state index contributed by atoms with van der Waals surface area (Å²) < 4.78 is 0. The van der Waals surface area contributed by atoms with Crippen molar-refractivity contribution in [3.8, 4) is 0 Å². The van der Waals surface area contributed by atoms with Gasteiger partial charge in [0.25, 0.3) is 0 Å². The number of pyridine rings is 1. The first kappa shape index (κ1) is 11.9. The number of halogens is 1. The fourth-order valence-corrected chi connectivity index (χ4v) is 2.18. The number of aromatic nitrogens is 1. The van der Waals surface area contributed by atoms with Crippen LogP contribution in [-0.4, -0.2) is 11.5 Å². The van der Waals surface area contributed by atoms with E-state index in [2.05, 4.69) is 24.1 Å². The van der Waals surface area contributed by atoms with Gasteiger partial charge in [-0.1, -0.05) is 18.5 Å². The molecule has 1 aromatic rings. The van der Waals surface area contributed by atoms with Gasteiger partial charge in [0.2, 0.25) is 0 Å². The van der Waals surface area contributed by atoms with E-state index in [0.29, 0.717) is 11.2 Å². The maximum Gasteiger partial charge on any atom is 0.129 e. The quantitative estimate of drug-likeness (QED) is 0.795. The molecule has 0 aliphatic heterocycles. The van der Waals surface area contributed by atoms with Gasteiger partial charge in [0.05, 0.1) is 0 Å². The van der Waals surface area contributed by atoms with E-state index in [9.17, 15) is 0 Å². The molecule has 2 atom stereocenters. The van der Waals surface area contributed by atoms with Crippen molar-refractivity contribution in [1.82, 2.24) is 10.3 Å². The third kappa shape index (κ3) is 3.19. The highest BCUT2D eigenvalue weighted by Crippen LogP contribution is 2.36. The largest absolute Gasteiger partial charge is 0.310 e. The minimum Gasteiger partial charge on any atom is -0.310 e. The van der Waals surface area contributed by atoms with E-state index >= 15 is 0 Å². The molecular formula is C13H19ClN2. The van der Waals surface area contributed by atoms with Crippen molar-refractivity contribution in [2.75, 3.05) is 6.54 Å². The van der Waals surface area contributed by atoms with Gasteiger partial charge in [0, 0.05) is 12.2 Å². The summed E-state index contributed by atoms with van der Waals surface area (Å²) in [4.78, 5) is 3.99. The van der Waals surface area contributed by atoms with Gasteiger partial charge in [0.1, 0.15) is 5.15 Å². The summed E-state index contributed by atoms with van der Waals surface area (Å²) in [6.45, 7) is 5.59. The molecule has 2 unspecified atom stereocenters. The minimum absolute atomic E-state index is 0.349. The second-order valence-electron chi connectivity index (χ2n) is 4.86. The predicted molar refractivity (Wildman–Crippen MR) is 67.6 cm³/mol. The summed E-state index contributed by atoms with van der Waals surface area (Å²) >= 11 is 5.87. The molecule has 0 amide bonds. The smallest absolute Gasteiger partial charge is 0.129 e. The molecule has 16 heavy (non-hydrogen) atoms. The van der Waals surface area contributed by atoms with Gasteiger partial charge in [-0.3, -0.25) is 0 Å². The molecule has 1 heterocycles. The summed E-state index contributed by atoms with van der Waals surface area (Å²) in [5, 5.41) is 4.13. The lowest BCUT2D eigenvalue weighted by Crippen LogP contribution is -2.25. The maximum atomic E-state index is 5.87. The van der Waals surface area contributed by atoms with E-state index in [1.165, 1.54) is 18.4 Å². The van der Waals surface area contributed by atoms with E-state index in [-0.39, 0.29) is 0 Å². The molecule has 1 saturated carbocycles. The second kappa shape index (κ2) is 5.15. The molecule has 1 N–H and O–H groups in total. The molecule has 1 aromatic heterocycles. The summed E-state index contributed by atoms with van der Waals surface area (Å²) in [5.74, 6) is 1.75. The SMILES string of the molecule is CC(NCC(C)C1CC1)c1ccnc(Cl)c1. The molecule has 1 aliphatic rings. The van der Waals surface area contributed by atoms with Crippen LogP contribution >= 0.6 is 11.6 Å². The molecule has 1 aliphatic carbocycles. The number of hydrogen-bond acceptors (Lipinski definition) is 2. The molecule has 0 spiro atoms. The summed E-state index contributed by atoms with van der Waals surface area (Å²) in [5.41, 5.74) is 1.21. The third-order valence-electron chi connectivity index (χ3n) is 3.42. The molecule has 0 aromatic carbocycles. The molecule has 88 valence electrons. The summed E-state index contributed by atoms with van der Waals surface area (Å²) in [7, 11) is 0. The Hall–Kier alpha value is -0.600. The van der Waals surface area contributed by atoms with Crippen molar-refractivity contribution in [3.05, 3.63) is 29.0 Å². The molecular weight excluding hydrogens is 220 g/mol. The molecule has 2 rings (SSSR count). The minimum atomic E-state index is 0.349. The first-order chi connectivity index (χ1) is 7.66. The van der Waals surface area contributed by atoms with Crippen LogP contribution in [-0.2, 0) is 0 Å². The highest BCUT2D eigenvalue weighted by atomic mass is 35.5. The Morgan fingerprint density at radius 2 is 2.25 bits per heavy atom. The number of nitrogens with one attached hydrogen (secondary N) is 1. The van der Waals surface area contributed by atoms with Crippen molar-refractivity contribution in [2.24, 2.45) is 11.8 Å². The van der Waals surface area contributed by atoms with Gasteiger partial charge in [-0.25, -0.2) is 4.98 Å². The highest BCUT2D eigenvalue weighted by molar-refractivity contribution is 6.29. The zero-order chi connectivity index (χ0) is 11.5. The van der Waals surface area contributed by atoms with Gasteiger partial charge < -0.3 is 5.32 Å². The van der Waals surface area contributed by atoms with E-state index < -0.39 is 0 Å². The molecule has 1 fully saturated rings. The summed E-state index contributed by atoms with van der Waals surface area (Å²) in [6, 6.07) is 4.30. The van der Waals surface area contributed by atoms with Crippen molar-refractivity contribution in [1.29, 1.82) is 0 Å². The van der Waals surface area contributed by atoms with Crippen LogP contribution in [0.15, 0.2) is 18.3 Å². The molecule has 0 saturated heterocycles. The zero-order valence-electron chi connectivity index (χ0n) is 9.91. The van der Waals surface area contributed by atoms with E-state index in [0.717, 1.165) is 18.4 Å². The lowest BCUT2D eigenvalue weighted by molar-refractivity contribution is 0.432. The molecule has 0 bridgehead atoms. The standard InChI is InChI=1S/C13H19ClN2/c1-9(11-3-4-11)8-16-10(2)12-5-6-15-13(14)7-12/h5-7,9-11,16H,3-4,8H2,1-2H3. The maximum absolute atomic E-state index is 5.87. The van der Waals surface area contributed by atoms with Crippen LogP contribution in [0.25, 0.3) is 0 Å². The Morgan fingerprint density at radius 1 is 1.50 bits per heavy atom. The van der Waals surface area contributed by atoms with Crippen molar-refractivity contribution >= 4 is 11.6 Å². The molecule has 0 radical (unpaired) electrons. The topological polar surface area (TPSA) is 24.9 Å². The molecule has 2 nitrogen and oxygen atoms in total. The predicted octanol–water partition coefficient (Wildman–Crippen LogP) is 3.43. The fourth-order valence-electron chi connectivity index (χ4n) is 2.00. The number of hydrogen-bond donors (Lipinski definition) is 1. The van der Waals surface area contributed by atoms with Crippen LogP contribution in [0.5, 0.6) is 0 Å². The van der Waals surface area contributed by atoms with Gasteiger partial charge in [-0.2, -0.15) is 0 Å². The Kier molecular flexibility index (Phi) is 3.82. The number of nitrogens with zero attached hydrogens (tertiary/aromatic N) is 1. The normalized spacial score (nSPS) is 19.4. The average Bonchev–Trinajstić information content (AvgIpc) is 3.09. The van der Waals surface area contributed by atoms with Gasteiger partial charge >= 0.3 is 0 Å². The van der Waals surface area contributed by atoms with Crippen LogP contribution in [0.2, 0.25) is 5.15 Å². The lowest BCUT2D eigenvalue weighted by atomic mass is 10.1. The number of rotatable bonds is 5. The monoisotopic (exact) mass is 238 g/mol. The lowest BCUT2D eigenvalue weighted by Gasteiger charge is -2.17. The average molecular weight is 239 g/mol. The van der Waals surface area contributed by atoms with E-state index in [1.54, 1.807) is 6.20 Å². The third-order valence-corrected chi connectivity index (χ3v) is 3.63. The van der Waals surface area contributed by atoms with Crippen molar-refractivity contribution in [2.45, 2.75) is 32.7 Å². The Labute approximate surface area is 102 Å². The zero-order valence-corrected chi connectivity index (χ0v) is 10.7. The Bertz CT molecular complexity index is 350. The van der Waals surface area contributed by atoms with Gasteiger partial charge in [-0.05, 0) is 55.8 Å². The Morgan fingerprint density at radius 3 is 2.88 bits per heavy atom. The first-order valence-electron chi connectivity index (χ1n) is 6.01. The van der Waals surface area contributed by atoms with Crippen LogP contribution in [0.3, 0.4) is 0 Å². The highest BCUT2D eigenvalue weighted by Gasteiger charge is 2.27. The van der Waals surface area contributed by atoms with Gasteiger partial charge in [-0.15, -0.1) is 0 Å². The fraction of sp³-hybridized carbons (Fsp3) is 0.615. The molecule has 3 heteroatoms. The van der Waals surface area contributed by atoms with E-state index in [4.69, 9.17) is 11.6 Å². The summed E-state index contributed by atoms with van der Waals surface area (Å²) in [6.07, 6.45) is 4.59. The van der Waals surface area contributed by atoms with Gasteiger partial charge in [0.15, 0.2) is 0 Å². The Balaban J connectivity index is 1.84. The van der Waals surface area contributed by atoms with Crippen molar-refractivity contribution < 1.29 is 0 Å². The van der Waals surface area contributed by atoms with Crippen LogP contribution in [0.1, 0.15) is 38.3 Å².